The van der Waals surface area contributed by atoms with Crippen LogP contribution >= 0.6 is 0 Å². The van der Waals surface area contributed by atoms with Gasteiger partial charge in [-0.3, -0.25) is 0 Å². The number of hydrogen-bond donors (Lipinski definition) is 1. The first kappa shape index (κ1) is 13.7. The average molecular weight is 252 g/mol. The van der Waals surface area contributed by atoms with Crippen LogP contribution in [0.25, 0.3) is 0 Å². The molecule has 0 aromatic heterocycles. The topological polar surface area (TPSA) is 20.2 Å². The van der Waals surface area contributed by atoms with E-state index in [1.54, 1.807) is 6.08 Å². The highest BCUT2D eigenvalue weighted by molar-refractivity contribution is 5.37. The van der Waals surface area contributed by atoms with Crippen LogP contribution in [0.3, 0.4) is 0 Å². The number of benzene rings is 1. The van der Waals surface area contributed by atoms with Gasteiger partial charge in [0, 0.05) is 5.56 Å². The van der Waals surface area contributed by atoms with Crippen LogP contribution < -0.4 is 0 Å². The maximum Gasteiger partial charge on any atom is 0.106 e. The highest BCUT2D eigenvalue weighted by atomic mass is 16.3. The maximum atomic E-state index is 10.8. The quantitative estimate of drug-likeness (QED) is 0.597. The molecule has 0 spiro atoms. The van der Waals surface area contributed by atoms with Gasteiger partial charge in [-0.2, -0.15) is 0 Å². The molecule has 19 heavy (non-hydrogen) atoms. The van der Waals surface area contributed by atoms with Crippen LogP contribution in [-0.2, 0) is 0 Å². The van der Waals surface area contributed by atoms with Gasteiger partial charge in [-0.25, -0.2) is 0 Å². The van der Waals surface area contributed by atoms with Crippen LogP contribution in [0.15, 0.2) is 48.7 Å². The number of rotatable bonds is 1. The first-order chi connectivity index (χ1) is 9.10. The lowest BCUT2D eigenvalue weighted by Crippen LogP contribution is -2.46. The van der Waals surface area contributed by atoms with Crippen molar-refractivity contribution in [2.24, 2.45) is 5.41 Å². The van der Waals surface area contributed by atoms with E-state index in [0.29, 0.717) is 0 Å². The third-order valence-electron chi connectivity index (χ3n) is 4.04. The first-order valence-electron chi connectivity index (χ1n) is 6.77. The first-order valence-corrected chi connectivity index (χ1v) is 6.77. The van der Waals surface area contributed by atoms with Gasteiger partial charge in [-0.05, 0) is 38.0 Å². The zero-order chi connectivity index (χ0) is 13.8. The summed E-state index contributed by atoms with van der Waals surface area (Å²) in [5.74, 6) is 6.48. The van der Waals surface area contributed by atoms with Crippen LogP contribution in [0.2, 0.25) is 0 Å². The summed E-state index contributed by atoms with van der Waals surface area (Å²) in [4.78, 5) is 0. The lowest BCUT2D eigenvalue weighted by molar-refractivity contribution is -0.0337. The van der Waals surface area contributed by atoms with E-state index in [2.05, 4.69) is 24.2 Å². The van der Waals surface area contributed by atoms with Gasteiger partial charge in [0.25, 0.3) is 0 Å². The Morgan fingerprint density at radius 1 is 1.21 bits per heavy atom. The average Bonchev–Trinajstić information content (AvgIpc) is 2.42. The Balaban J connectivity index is 2.34. The molecule has 1 aromatic carbocycles. The molecule has 0 aliphatic heterocycles. The molecule has 1 aliphatic rings. The fourth-order valence-corrected chi connectivity index (χ4v) is 2.67. The van der Waals surface area contributed by atoms with Gasteiger partial charge >= 0.3 is 0 Å². The highest BCUT2D eigenvalue weighted by Gasteiger charge is 2.45. The van der Waals surface area contributed by atoms with Crippen molar-refractivity contribution in [3.05, 3.63) is 54.3 Å². The fourth-order valence-electron chi connectivity index (χ4n) is 2.67. The molecule has 98 valence electrons. The SMILES string of the molecule is C=C=C[C@@]1(O)CCCC[C@]1(C)C#Cc1ccccc1. The summed E-state index contributed by atoms with van der Waals surface area (Å²) in [5, 5.41) is 10.8. The smallest absolute Gasteiger partial charge is 0.106 e. The molecule has 1 fully saturated rings. The predicted molar refractivity (Wildman–Crippen MR) is 78.6 cm³/mol. The summed E-state index contributed by atoms with van der Waals surface area (Å²) in [7, 11) is 0. The molecule has 1 saturated carbocycles. The molecule has 1 nitrogen and oxygen atoms in total. The molecule has 0 radical (unpaired) electrons. The molecule has 0 amide bonds. The molecule has 2 rings (SSSR count). The Hall–Kier alpha value is -1.74. The minimum Gasteiger partial charge on any atom is -0.384 e. The third-order valence-corrected chi connectivity index (χ3v) is 4.04. The molecule has 1 heteroatoms. The molecule has 1 aromatic rings. The lowest BCUT2D eigenvalue weighted by atomic mass is 9.64. The van der Waals surface area contributed by atoms with E-state index in [0.717, 1.165) is 31.2 Å². The summed E-state index contributed by atoms with van der Waals surface area (Å²) < 4.78 is 0. The number of hydrogen-bond acceptors (Lipinski definition) is 1. The van der Waals surface area contributed by atoms with Crippen LogP contribution in [-0.4, -0.2) is 10.7 Å². The van der Waals surface area contributed by atoms with Crippen LogP contribution in [0.4, 0.5) is 0 Å². The van der Waals surface area contributed by atoms with E-state index in [9.17, 15) is 5.11 Å². The number of aliphatic hydroxyl groups is 1. The second-order valence-electron chi connectivity index (χ2n) is 5.43. The van der Waals surface area contributed by atoms with Crippen molar-refractivity contribution in [2.45, 2.75) is 38.2 Å². The van der Waals surface area contributed by atoms with Crippen molar-refractivity contribution < 1.29 is 5.11 Å². The van der Waals surface area contributed by atoms with Crippen molar-refractivity contribution in [2.75, 3.05) is 0 Å². The predicted octanol–water partition coefficient (Wildman–Crippen LogP) is 3.69. The van der Waals surface area contributed by atoms with E-state index in [1.165, 1.54) is 0 Å². The van der Waals surface area contributed by atoms with E-state index in [-0.39, 0.29) is 0 Å². The Bertz CT molecular complexity index is 542. The van der Waals surface area contributed by atoms with E-state index in [1.807, 2.05) is 37.3 Å². The van der Waals surface area contributed by atoms with Crippen molar-refractivity contribution in [1.82, 2.24) is 0 Å². The van der Waals surface area contributed by atoms with Gasteiger partial charge in [-0.15, -0.1) is 5.73 Å². The molecule has 0 bridgehead atoms. The lowest BCUT2D eigenvalue weighted by Gasteiger charge is -2.43. The van der Waals surface area contributed by atoms with Gasteiger partial charge < -0.3 is 5.11 Å². The minimum atomic E-state index is -0.908. The van der Waals surface area contributed by atoms with Crippen LogP contribution in [0, 0.1) is 17.3 Å². The Kier molecular flexibility index (Phi) is 3.96. The minimum absolute atomic E-state index is 0.425. The summed E-state index contributed by atoms with van der Waals surface area (Å²) in [6.07, 6.45) is 5.45. The summed E-state index contributed by atoms with van der Waals surface area (Å²) >= 11 is 0. The van der Waals surface area contributed by atoms with Gasteiger partial charge in [0.2, 0.25) is 0 Å². The largest absolute Gasteiger partial charge is 0.384 e. The van der Waals surface area contributed by atoms with Crippen molar-refractivity contribution in [3.8, 4) is 11.8 Å². The Labute approximate surface area is 115 Å². The molecule has 0 unspecified atom stereocenters. The standard InChI is InChI=1S/C18H20O/c1-3-12-18(19)14-8-7-13-17(18,2)15-11-16-9-5-4-6-10-16/h4-6,9-10,12,19H,1,7-8,13-14H2,2H3/t17-,18-/m1/s1. The second kappa shape index (κ2) is 5.49. The zero-order valence-corrected chi connectivity index (χ0v) is 11.4. The summed E-state index contributed by atoms with van der Waals surface area (Å²) in [6, 6.07) is 9.90. The summed E-state index contributed by atoms with van der Waals surface area (Å²) in [5.41, 5.74) is 2.39. The molecule has 0 heterocycles. The fraction of sp³-hybridized carbons (Fsp3) is 0.389. The molecular formula is C18H20O. The van der Waals surface area contributed by atoms with E-state index < -0.39 is 11.0 Å². The normalized spacial score (nSPS) is 29.8. The van der Waals surface area contributed by atoms with Gasteiger partial charge in [-0.1, -0.05) is 49.5 Å². The van der Waals surface area contributed by atoms with Crippen molar-refractivity contribution in [3.63, 3.8) is 0 Å². The molecule has 1 aliphatic carbocycles. The van der Waals surface area contributed by atoms with E-state index >= 15 is 0 Å². The second-order valence-corrected chi connectivity index (χ2v) is 5.43. The Morgan fingerprint density at radius 3 is 2.58 bits per heavy atom. The monoisotopic (exact) mass is 252 g/mol. The van der Waals surface area contributed by atoms with Crippen LogP contribution in [0.5, 0.6) is 0 Å². The van der Waals surface area contributed by atoms with Crippen molar-refractivity contribution in [1.29, 1.82) is 0 Å². The maximum absolute atomic E-state index is 10.8. The highest BCUT2D eigenvalue weighted by Crippen LogP contribution is 2.44. The molecular weight excluding hydrogens is 232 g/mol. The molecule has 2 atom stereocenters. The van der Waals surface area contributed by atoms with E-state index in [4.69, 9.17) is 0 Å². The van der Waals surface area contributed by atoms with Gasteiger partial charge in [0.05, 0.1) is 5.41 Å². The summed E-state index contributed by atoms with van der Waals surface area (Å²) in [6.45, 7) is 5.63. The van der Waals surface area contributed by atoms with Crippen LogP contribution in [0.1, 0.15) is 38.2 Å². The third kappa shape index (κ3) is 2.82. The Morgan fingerprint density at radius 2 is 1.89 bits per heavy atom. The van der Waals surface area contributed by atoms with Gasteiger partial charge in [0.15, 0.2) is 0 Å². The van der Waals surface area contributed by atoms with Gasteiger partial charge in [0.1, 0.15) is 5.60 Å². The molecule has 1 N–H and O–H groups in total. The molecule has 0 saturated heterocycles. The van der Waals surface area contributed by atoms with Crippen molar-refractivity contribution >= 4 is 0 Å². The zero-order valence-electron chi connectivity index (χ0n) is 11.4.